The van der Waals surface area contributed by atoms with E-state index in [1.807, 2.05) is 0 Å². The van der Waals surface area contributed by atoms with Gasteiger partial charge in [0.1, 0.15) is 0 Å². The number of primary amides is 1. The molecule has 3 N–H and O–H groups in total. The third-order valence-electron chi connectivity index (χ3n) is 5.02. The van der Waals surface area contributed by atoms with Gasteiger partial charge in [0.15, 0.2) is 0 Å². The van der Waals surface area contributed by atoms with E-state index < -0.39 is 5.91 Å². The fourth-order valence-corrected chi connectivity index (χ4v) is 3.75. The van der Waals surface area contributed by atoms with E-state index >= 15 is 0 Å². The van der Waals surface area contributed by atoms with Crippen molar-refractivity contribution in [2.75, 3.05) is 6.61 Å². The predicted molar refractivity (Wildman–Crippen MR) is 87.2 cm³/mol. The molecule has 0 radical (unpaired) electrons. The Morgan fingerprint density at radius 2 is 1.74 bits per heavy atom. The summed E-state index contributed by atoms with van der Waals surface area (Å²) in [6.45, 7) is 0.714. The van der Waals surface area contributed by atoms with Crippen LogP contribution in [0.25, 0.3) is 0 Å². The normalized spacial score (nSPS) is 23.4. The summed E-state index contributed by atoms with van der Waals surface area (Å²) < 4.78 is 6.06. The monoisotopic (exact) mass is 316 g/mol. The minimum absolute atomic E-state index is 0.0235. The maximum Gasteiger partial charge on any atom is 0.251 e. The molecule has 23 heavy (non-hydrogen) atoms. The molecule has 2 amide bonds. The van der Waals surface area contributed by atoms with Crippen molar-refractivity contribution in [2.24, 2.45) is 5.73 Å². The number of carbonyl (C=O) groups is 2. The first-order chi connectivity index (χ1) is 11.1. The van der Waals surface area contributed by atoms with Gasteiger partial charge >= 0.3 is 0 Å². The largest absolute Gasteiger partial charge is 0.375 e. The minimum atomic E-state index is -0.486. The second kappa shape index (κ2) is 6.71. The molecule has 2 aliphatic rings. The van der Waals surface area contributed by atoms with Crippen LogP contribution in [0.2, 0.25) is 0 Å². The van der Waals surface area contributed by atoms with Gasteiger partial charge in [-0.15, -0.1) is 0 Å². The first kappa shape index (κ1) is 16.0. The standard InChI is InChI=1S/C18H24N2O3/c19-16(21)13-4-6-14(7-5-13)17(22)20-15-8-11-23-18(12-15)9-2-1-3-10-18/h4-7,15H,1-3,8-12H2,(H2,19,21)(H,20,22)/t15-/m1/s1. The topological polar surface area (TPSA) is 81.4 Å². The number of nitrogens with two attached hydrogens (primary N) is 1. The highest BCUT2D eigenvalue weighted by molar-refractivity contribution is 5.97. The van der Waals surface area contributed by atoms with E-state index in [4.69, 9.17) is 10.5 Å². The number of carbonyl (C=O) groups excluding carboxylic acids is 2. The Morgan fingerprint density at radius 1 is 1.09 bits per heavy atom. The molecule has 3 rings (SSSR count). The Balaban J connectivity index is 1.61. The van der Waals surface area contributed by atoms with Gasteiger partial charge in [-0.05, 0) is 49.9 Å². The Bertz CT molecular complexity index is 571. The van der Waals surface area contributed by atoms with Gasteiger partial charge in [0.25, 0.3) is 5.91 Å². The third kappa shape index (κ3) is 3.72. The molecule has 124 valence electrons. The van der Waals surface area contributed by atoms with E-state index in [-0.39, 0.29) is 17.6 Å². The van der Waals surface area contributed by atoms with Gasteiger partial charge in [0, 0.05) is 23.8 Å². The lowest BCUT2D eigenvalue weighted by Gasteiger charge is -2.43. The molecule has 1 spiro atoms. The van der Waals surface area contributed by atoms with E-state index in [0.717, 1.165) is 25.7 Å². The van der Waals surface area contributed by atoms with Gasteiger partial charge in [0.05, 0.1) is 5.60 Å². The quantitative estimate of drug-likeness (QED) is 0.898. The third-order valence-corrected chi connectivity index (χ3v) is 5.02. The van der Waals surface area contributed by atoms with Crippen molar-refractivity contribution in [1.82, 2.24) is 5.32 Å². The lowest BCUT2D eigenvalue weighted by Crippen LogP contribution is -2.49. The van der Waals surface area contributed by atoms with E-state index in [1.54, 1.807) is 24.3 Å². The lowest BCUT2D eigenvalue weighted by molar-refractivity contribution is -0.107. The Kier molecular flexibility index (Phi) is 4.66. The van der Waals surface area contributed by atoms with Gasteiger partial charge in [-0.1, -0.05) is 19.3 Å². The highest BCUT2D eigenvalue weighted by Gasteiger charge is 2.38. The van der Waals surface area contributed by atoms with E-state index in [9.17, 15) is 9.59 Å². The molecule has 1 aliphatic heterocycles. The second-order valence-corrected chi connectivity index (χ2v) is 6.70. The van der Waals surface area contributed by atoms with Crippen molar-refractivity contribution in [2.45, 2.75) is 56.6 Å². The molecular weight excluding hydrogens is 292 g/mol. The van der Waals surface area contributed by atoms with E-state index in [2.05, 4.69) is 5.32 Å². The van der Waals surface area contributed by atoms with Crippen LogP contribution in [0, 0.1) is 0 Å². The predicted octanol–water partition coefficient (Wildman–Crippen LogP) is 2.40. The molecule has 1 aliphatic carbocycles. The molecule has 0 aromatic heterocycles. The molecule has 5 heteroatoms. The fourth-order valence-electron chi connectivity index (χ4n) is 3.75. The average Bonchev–Trinajstić information content (AvgIpc) is 2.55. The van der Waals surface area contributed by atoms with Crippen molar-refractivity contribution in [3.63, 3.8) is 0 Å². The summed E-state index contributed by atoms with van der Waals surface area (Å²) >= 11 is 0. The summed E-state index contributed by atoms with van der Waals surface area (Å²) in [7, 11) is 0. The minimum Gasteiger partial charge on any atom is -0.375 e. The summed E-state index contributed by atoms with van der Waals surface area (Å²) in [5, 5.41) is 3.12. The molecule has 1 atom stereocenters. The molecular formula is C18H24N2O3. The van der Waals surface area contributed by atoms with Crippen molar-refractivity contribution >= 4 is 11.8 Å². The summed E-state index contributed by atoms with van der Waals surface area (Å²) in [6, 6.07) is 6.62. The highest BCUT2D eigenvalue weighted by Crippen LogP contribution is 2.38. The zero-order chi connectivity index (χ0) is 16.3. The number of benzene rings is 1. The average molecular weight is 316 g/mol. The summed E-state index contributed by atoms with van der Waals surface area (Å²) in [5.41, 5.74) is 6.16. The van der Waals surface area contributed by atoms with Crippen molar-refractivity contribution < 1.29 is 14.3 Å². The van der Waals surface area contributed by atoms with Gasteiger partial charge in [-0.3, -0.25) is 9.59 Å². The fraction of sp³-hybridized carbons (Fsp3) is 0.556. The van der Waals surface area contributed by atoms with Crippen LogP contribution in [0.5, 0.6) is 0 Å². The van der Waals surface area contributed by atoms with Crippen LogP contribution in [0.3, 0.4) is 0 Å². The summed E-state index contributed by atoms with van der Waals surface area (Å²) in [5.74, 6) is -0.584. The molecule has 1 aromatic carbocycles. The van der Waals surface area contributed by atoms with Crippen molar-refractivity contribution in [3.05, 3.63) is 35.4 Å². The highest BCUT2D eigenvalue weighted by atomic mass is 16.5. The Labute approximate surface area is 136 Å². The van der Waals surface area contributed by atoms with Crippen LogP contribution in [-0.2, 0) is 4.74 Å². The van der Waals surface area contributed by atoms with Crippen LogP contribution in [0.1, 0.15) is 65.7 Å². The van der Waals surface area contributed by atoms with Crippen LogP contribution in [-0.4, -0.2) is 30.1 Å². The SMILES string of the molecule is NC(=O)c1ccc(C(=O)N[C@@H]2CCOC3(CCCCC3)C2)cc1. The first-order valence-corrected chi connectivity index (χ1v) is 8.43. The molecule has 0 unspecified atom stereocenters. The number of amides is 2. The second-order valence-electron chi connectivity index (χ2n) is 6.70. The maximum absolute atomic E-state index is 12.4. The summed E-state index contributed by atoms with van der Waals surface area (Å²) in [6.07, 6.45) is 7.68. The maximum atomic E-state index is 12.4. The molecule has 1 aromatic rings. The smallest absolute Gasteiger partial charge is 0.251 e. The van der Waals surface area contributed by atoms with E-state index in [1.165, 1.54) is 19.3 Å². The van der Waals surface area contributed by atoms with E-state index in [0.29, 0.717) is 17.7 Å². The Hall–Kier alpha value is -1.88. The summed E-state index contributed by atoms with van der Waals surface area (Å²) in [4.78, 5) is 23.5. The van der Waals surface area contributed by atoms with Gasteiger partial charge in [0.2, 0.25) is 5.91 Å². The molecule has 1 saturated carbocycles. The van der Waals surface area contributed by atoms with Gasteiger partial charge in [-0.25, -0.2) is 0 Å². The van der Waals surface area contributed by atoms with Gasteiger partial charge in [-0.2, -0.15) is 0 Å². The Morgan fingerprint density at radius 3 is 2.39 bits per heavy atom. The zero-order valence-corrected chi connectivity index (χ0v) is 13.3. The van der Waals surface area contributed by atoms with Crippen molar-refractivity contribution in [1.29, 1.82) is 0 Å². The van der Waals surface area contributed by atoms with Crippen molar-refractivity contribution in [3.8, 4) is 0 Å². The van der Waals surface area contributed by atoms with Crippen LogP contribution in [0.15, 0.2) is 24.3 Å². The molecule has 0 bridgehead atoms. The molecule has 1 saturated heterocycles. The molecule has 1 heterocycles. The number of nitrogens with one attached hydrogen (secondary N) is 1. The van der Waals surface area contributed by atoms with Crippen LogP contribution in [0.4, 0.5) is 0 Å². The van der Waals surface area contributed by atoms with Crippen LogP contribution >= 0.6 is 0 Å². The molecule has 5 nitrogen and oxygen atoms in total. The number of ether oxygens (including phenoxy) is 1. The number of rotatable bonds is 3. The first-order valence-electron chi connectivity index (χ1n) is 8.43. The lowest BCUT2D eigenvalue weighted by atomic mass is 9.78. The number of hydrogen-bond acceptors (Lipinski definition) is 3. The van der Waals surface area contributed by atoms with Crippen LogP contribution < -0.4 is 11.1 Å². The molecule has 2 fully saturated rings. The number of hydrogen-bond donors (Lipinski definition) is 2. The zero-order valence-electron chi connectivity index (χ0n) is 13.3. The van der Waals surface area contributed by atoms with Gasteiger partial charge < -0.3 is 15.8 Å².